The van der Waals surface area contributed by atoms with Gasteiger partial charge in [0, 0.05) is 123 Å². The van der Waals surface area contributed by atoms with E-state index in [9.17, 15) is 24.0 Å². The van der Waals surface area contributed by atoms with Crippen LogP contribution in [0.2, 0.25) is 10.0 Å². The van der Waals surface area contributed by atoms with E-state index >= 15 is 0 Å². The van der Waals surface area contributed by atoms with Gasteiger partial charge in [0.25, 0.3) is 11.8 Å². The lowest BCUT2D eigenvalue weighted by molar-refractivity contribution is 0.0984. The fraction of sp³-hybridized carbons (Fsp3) is 0.0917. The van der Waals surface area contributed by atoms with E-state index in [0.717, 1.165) is 133 Å². The van der Waals surface area contributed by atoms with Crippen LogP contribution >= 0.6 is 23.2 Å². The van der Waals surface area contributed by atoms with Crippen LogP contribution in [-0.4, -0.2) is 115 Å². The number of amides is 2. The molecule has 1 aliphatic heterocycles. The minimum Gasteiger partial charge on any atom is -0.497 e. The molecule has 12 aromatic carbocycles. The Kier molecular flexibility index (Phi) is 27.4. The van der Waals surface area contributed by atoms with Crippen molar-refractivity contribution in [3.8, 4) is 79.9 Å². The molecule has 9 heterocycles. The lowest BCUT2D eigenvalue weighted by atomic mass is 9.98. The maximum atomic E-state index is 12.8. The van der Waals surface area contributed by atoms with E-state index in [1.54, 1.807) is 128 Å². The Balaban J connectivity index is 0.000000119. The summed E-state index contributed by atoms with van der Waals surface area (Å²) in [6, 6.07) is 81.7. The van der Waals surface area contributed by atoms with Crippen LogP contribution in [0.3, 0.4) is 0 Å². The van der Waals surface area contributed by atoms with Crippen molar-refractivity contribution in [3.63, 3.8) is 0 Å². The zero-order chi connectivity index (χ0) is 95.2. The molecule has 28 heteroatoms. The number of aromatic amines is 5. The second kappa shape index (κ2) is 41.3. The molecule has 0 spiro atoms. The number of pyridine rings is 3. The number of ether oxygens (including phenoxy) is 4. The molecule has 0 saturated heterocycles. The lowest BCUT2D eigenvalue weighted by Crippen LogP contribution is -2.12. The fourth-order valence-corrected chi connectivity index (χ4v) is 15.8. The summed E-state index contributed by atoms with van der Waals surface area (Å²) in [4.78, 5) is 121. The Labute approximate surface area is 795 Å². The third-order valence-electron chi connectivity index (χ3n) is 22.6. The normalized spacial score (nSPS) is 11.1. The molecule has 0 radical (unpaired) electrons. The Morgan fingerprint density at radius 3 is 1.27 bits per heavy atom. The van der Waals surface area contributed by atoms with Gasteiger partial charge in [-0.3, -0.25) is 38.9 Å². The summed E-state index contributed by atoms with van der Waals surface area (Å²) in [5, 5.41) is 7.02. The van der Waals surface area contributed by atoms with Gasteiger partial charge in [-0.2, -0.15) is 0 Å². The van der Waals surface area contributed by atoms with E-state index in [1.165, 1.54) is 14.2 Å². The predicted molar refractivity (Wildman–Crippen MR) is 534 cm³/mol. The zero-order valence-corrected chi connectivity index (χ0v) is 76.1. The van der Waals surface area contributed by atoms with E-state index in [1.807, 2.05) is 197 Å². The van der Waals surface area contributed by atoms with Crippen molar-refractivity contribution in [2.45, 2.75) is 47.0 Å². The molecule has 0 aliphatic carbocycles. The van der Waals surface area contributed by atoms with Gasteiger partial charge in [-0.1, -0.05) is 120 Å². The van der Waals surface area contributed by atoms with Crippen molar-refractivity contribution < 1.29 is 42.9 Å². The number of nitrogens with zero attached hydrogens (tertiary/aromatic N) is 10. The minimum absolute atomic E-state index is 0.00942. The topological polar surface area (TPSA) is 337 Å². The number of hydrogen-bond acceptors (Lipinski definition) is 17. The number of halogens is 2. The van der Waals surface area contributed by atoms with Crippen molar-refractivity contribution in [1.82, 2.24) is 64.8 Å². The first-order chi connectivity index (χ1) is 66.6. The van der Waals surface area contributed by atoms with Gasteiger partial charge >= 0.3 is 0 Å². The van der Waals surface area contributed by atoms with Gasteiger partial charge < -0.3 is 54.5 Å². The molecule has 26 nitrogen and oxygen atoms in total. The minimum atomic E-state index is -0.279. The van der Waals surface area contributed by atoms with E-state index in [-0.39, 0.29) is 42.4 Å². The molecule has 8 aromatic heterocycles. The number of hydrogen-bond donors (Lipinski definition) is 7. The van der Waals surface area contributed by atoms with Crippen molar-refractivity contribution in [1.29, 1.82) is 0 Å². The largest absolute Gasteiger partial charge is 0.497 e. The highest BCUT2D eigenvalue weighted by Crippen LogP contribution is 2.38. The average Bonchev–Trinajstić information content (AvgIpc) is 1.67. The number of rotatable bonds is 20. The molecular weight excluding hydrogens is 1760 g/mol. The molecular formula is C109H83Cl2N17O9. The van der Waals surface area contributed by atoms with Crippen molar-refractivity contribution in [3.05, 3.63) is 404 Å². The summed E-state index contributed by atoms with van der Waals surface area (Å²) in [6.07, 6.45) is 10.9. The van der Waals surface area contributed by atoms with Crippen LogP contribution < -0.4 is 29.6 Å². The highest BCUT2D eigenvalue weighted by molar-refractivity contribution is 6.33. The summed E-state index contributed by atoms with van der Waals surface area (Å²) >= 11 is 12.7. The number of anilines is 2. The highest BCUT2D eigenvalue weighted by Gasteiger charge is 2.23. The smallest absolute Gasteiger partial charge is 0.255 e. The number of carbonyl (C=O) groups is 5. The van der Waals surface area contributed by atoms with Gasteiger partial charge in [-0.25, -0.2) is 34.6 Å². The number of aromatic nitrogens is 13. The van der Waals surface area contributed by atoms with Gasteiger partial charge in [0.05, 0.1) is 98.8 Å². The summed E-state index contributed by atoms with van der Waals surface area (Å²) in [7, 11) is 3.08. The van der Waals surface area contributed by atoms with Gasteiger partial charge in [0.2, 0.25) is 6.79 Å². The molecule has 0 unspecified atom stereocenters. The maximum Gasteiger partial charge on any atom is 0.255 e. The van der Waals surface area contributed by atoms with Crippen molar-refractivity contribution in [2.75, 3.05) is 31.6 Å². The third-order valence-corrected chi connectivity index (χ3v) is 23.3. The van der Waals surface area contributed by atoms with Gasteiger partial charge in [-0.15, -0.1) is 0 Å². The van der Waals surface area contributed by atoms with Gasteiger partial charge in [-0.05, 0) is 230 Å². The molecule has 0 bridgehead atoms. The first-order valence-corrected chi connectivity index (χ1v) is 43.9. The van der Waals surface area contributed by atoms with E-state index < -0.39 is 0 Å². The number of fused-ring (bicyclic) bond motifs is 6. The summed E-state index contributed by atoms with van der Waals surface area (Å²) in [6.45, 7) is 22.5. The van der Waals surface area contributed by atoms with Crippen LogP contribution in [0.15, 0.2) is 304 Å². The van der Waals surface area contributed by atoms with Crippen molar-refractivity contribution in [2.24, 2.45) is 0 Å². The number of H-pyrrole nitrogens is 5. The number of para-hydroxylation sites is 4. The predicted octanol–water partition coefficient (Wildman–Crippen LogP) is 24.5. The quantitative estimate of drug-likeness (QED) is 0.0275. The third kappa shape index (κ3) is 21.5. The number of aryl methyl sites for hydroxylation is 4. The first kappa shape index (κ1) is 91.1. The summed E-state index contributed by atoms with van der Waals surface area (Å²) in [5.74, 6) is 5.47. The Morgan fingerprint density at radius 2 is 0.781 bits per heavy atom. The Bertz CT molecular complexity index is 7800. The SMILES string of the molecule is Cc1ccc(CC(=O)c2cccnc2)cc1-c1nc2ccccc2[nH]1.Cc1ccccc1C(=O)Cc1ccc(Cl)c(-c2nc3ccccc3[nH]2)c1.O=C(Cc1ccc(Cl)c(-c2nc3ccncc3[nH]2)c1)c1cccnc1.[C-]#[N+]c1ccc2nc(-c3cc(NC(=O)c4cc(OC)cc(OC)c4)ccc3C)[nH]c2c1.[C-]#[N+]c1ccc2nc(-c3cc(NC(=O)c4ccc5c(c4)OCO5)ccc3C)[nH]c2c1. The van der Waals surface area contributed by atoms with Gasteiger partial charge in [0.1, 0.15) is 40.6 Å². The average molecular weight is 1850 g/mol. The molecule has 137 heavy (non-hydrogen) atoms. The molecule has 1 aliphatic rings. The molecule has 7 N–H and O–H groups in total. The molecule has 0 atom stereocenters. The van der Waals surface area contributed by atoms with E-state index in [4.69, 9.17) is 55.3 Å². The molecule has 0 saturated carbocycles. The van der Waals surface area contributed by atoms with Crippen LogP contribution in [0.5, 0.6) is 23.0 Å². The maximum absolute atomic E-state index is 12.8. The summed E-state index contributed by atoms with van der Waals surface area (Å²) in [5.41, 5.74) is 25.1. The molecule has 21 rings (SSSR count). The monoisotopic (exact) mass is 1840 g/mol. The lowest BCUT2D eigenvalue weighted by Gasteiger charge is -2.11. The van der Waals surface area contributed by atoms with Crippen LogP contribution in [0.25, 0.3) is 122 Å². The molecule has 0 fully saturated rings. The van der Waals surface area contributed by atoms with Crippen molar-refractivity contribution >= 4 is 130 Å². The standard InChI is InChI=1S/C24H20N4O3.C23H16N4O3.C22H17ClN2O.C21H17N3O.C19H13ClN4O/c1-14-5-6-17(26-24(29)15-9-18(30-3)13-19(10-15)31-4)11-20(14)23-27-21-8-7-16(25-2)12-22(21)28-23;1-13-3-5-16(25-23(28)14-4-8-20-21(9-14)30-12-29-20)10-17(13)22-26-18-7-6-15(24-2)11-19(18)27-22;1-14-6-2-3-7-16(14)21(26)13-15-10-11-18(23)17(12-15)22-24-19-8-4-5-9-20(19)25-22;1-14-8-9-15(12-20(25)16-5-4-10-22-13-16)11-17(14)21-23-18-6-2-3-7-19(18)24-21;20-15-4-3-12(9-18(25)13-2-1-6-21-10-13)8-14(15)19-23-16-5-7-22-11-17(16)24-19/h5-13H,1,3-4H3,(H,26,29)(H,27,28);3-11H,12H2,1H3,(H,25,28)(H,26,27);2-12H,13H2,1H3,(H,24,25);2-11,13H,12H2,1H3,(H,23,24);1-8,10-11H,9H2,(H,23,24). The Morgan fingerprint density at radius 1 is 0.358 bits per heavy atom. The number of benzene rings is 12. The summed E-state index contributed by atoms with van der Waals surface area (Å²) < 4.78 is 21.1. The van der Waals surface area contributed by atoms with Crippen LogP contribution in [0.1, 0.15) is 90.7 Å². The van der Waals surface area contributed by atoms with Crippen LogP contribution in [0.4, 0.5) is 22.7 Å². The number of Topliss-reactive ketones (excluding diaryl/α,β-unsaturated/α-hetero) is 3. The molecule has 20 aromatic rings. The van der Waals surface area contributed by atoms with Crippen LogP contribution in [-0.2, 0) is 19.3 Å². The second-order valence-electron chi connectivity index (χ2n) is 32.0. The first-order valence-electron chi connectivity index (χ1n) is 43.2. The Hall–Kier alpha value is -17.9. The fourth-order valence-electron chi connectivity index (χ4n) is 15.4. The number of imidazole rings is 5. The highest BCUT2D eigenvalue weighted by atomic mass is 35.5. The number of methoxy groups -OCH3 is 2. The van der Waals surface area contributed by atoms with E-state index in [2.05, 4.69) is 92.0 Å². The van der Waals surface area contributed by atoms with Gasteiger partial charge in [0.15, 0.2) is 40.2 Å². The number of nitrogens with one attached hydrogen (secondary N) is 7. The number of carbonyl (C=O) groups excluding carboxylic acids is 5. The molecule has 672 valence electrons. The number of ketones is 3. The molecule has 2 amide bonds. The second-order valence-corrected chi connectivity index (χ2v) is 32.8. The van der Waals surface area contributed by atoms with E-state index in [0.29, 0.717) is 114 Å². The zero-order valence-electron chi connectivity index (χ0n) is 74.6. The van der Waals surface area contributed by atoms with Crippen LogP contribution in [0, 0.1) is 40.8 Å².